The van der Waals surface area contributed by atoms with Gasteiger partial charge in [0.1, 0.15) is 0 Å². The average molecular weight is 181 g/mol. The third kappa shape index (κ3) is 1.14. The van der Waals surface area contributed by atoms with Gasteiger partial charge in [0.25, 0.3) is 0 Å². The van der Waals surface area contributed by atoms with Gasteiger partial charge in [0.15, 0.2) is 0 Å². The van der Waals surface area contributed by atoms with E-state index < -0.39 is 5.97 Å². The van der Waals surface area contributed by atoms with E-state index in [1.165, 1.54) is 23.3 Å². The Balaban J connectivity index is 2.44. The van der Waals surface area contributed by atoms with Crippen molar-refractivity contribution in [1.82, 2.24) is 0 Å². The molecule has 2 rings (SSSR count). The van der Waals surface area contributed by atoms with Crippen LogP contribution in [-0.2, 0) is 12.8 Å². The number of carbonyl (C=O) groups excluding carboxylic acids is 1. The van der Waals surface area contributed by atoms with Gasteiger partial charge in [-0.3, -0.25) is 0 Å². The molecule has 0 fully saturated rings. The number of aromatic carboxylic acids is 1. The van der Waals surface area contributed by atoms with Gasteiger partial charge in [0.2, 0.25) is 0 Å². The van der Waals surface area contributed by atoms with Gasteiger partial charge in [-0.2, -0.15) is 0 Å². The first-order valence-corrected chi connectivity index (χ1v) is 4.97. The zero-order chi connectivity index (χ0) is 8.55. The highest BCUT2D eigenvalue weighted by atomic mass is 32.1. The van der Waals surface area contributed by atoms with E-state index in [2.05, 4.69) is 0 Å². The molecule has 0 saturated heterocycles. The van der Waals surface area contributed by atoms with Crippen LogP contribution in [0.25, 0.3) is 0 Å². The molecule has 0 unspecified atom stereocenters. The highest BCUT2D eigenvalue weighted by Crippen LogP contribution is 2.29. The summed E-state index contributed by atoms with van der Waals surface area (Å²) in [5.41, 5.74) is 2.26. The number of rotatable bonds is 1. The number of carbonyl (C=O) groups is 1. The monoisotopic (exact) mass is 181 g/mol. The second-order valence-corrected chi connectivity index (χ2v) is 3.94. The SMILES string of the molecule is O=C([O-])c1scc2c1CCCC2. The molecule has 0 bridgehead atoms. The maximum atomic E-state index is 10.6. The van der Waals surface area contributed by atoms with E-state index in [0.29, 0.717) is 4.88 Å². The second-order valence-electron chi connectivity index (χ2n) is 3.06. The fourth-order valence-corrected chi connectivity index (χ4v) is 2.68. The minimum Gasteiger partial charge on any atom is -0.544 e. The number of carboxylic acid groups (broad SMARTS) is 1. The van der Waals surface area contributed by atoms with Crippen molar-refractivity contribution < 1.29 is 9.90 Å². The Morgan fingerprint density at radius 3 is 2.92 bits per heavy atom. The molecule has 0 N–H and O–H groups in total. The van der Waals surface area contributed by atoms with Crippen molar-refractivity contribution in [2.24, 2.45) is 0 Å². The number of fused-ring (bicyclic) bond motifs is 1. The van der Waals surface area contributed by atoms with Gasteiger partial charge in [-0.1, -0.05) is 0 Å². The minimum absolute atomic E-state index is 0.449. The Kier molecular flexibility index (Phi) is 1.89. The lowest BCUT2D eigenvalue weighted by atomic mass is 9.94. The second kappa shape index (κ2) is 2.90. The van der Waals surface area contributed by atoms with Crippen LogP contribution in [0.5, 0.6) is 0 Å². The lowest BCUT2D eigenvalue weighted by Crippen LogP contribution is -2.22. The van der Waals surface area contributed by atoms with Gasteiger partial charge in [-0.15, -0.1) is 11.3 Å². The Morgan fingerprint density at radius 2 is 2.17 bits per heavy atom. The Bertz CT molecular complexity index is 314. The van der Waals surface area contributed by atoms with Crippen LogP contribution in [0.2, 0.25) is 0 Å². The predicted molar refractivity (Wildman–Crippen MR) is 45.3 cm³/mol. The summed E-state index contributed by atoms with van der Waals surface area (Å²) in [5.74, 6) is -1.01. The van der Waals surface area contributed by atoms with Crippen LogP contribution in [0.15, 0.2) is 5.38 Å². The van der Waals surface area contributed by atoms with Gasteiger partial charge in [0.05, 0.1) is 10.8 Å². The van der Waals surface area contributed by atoms with E-state index in [4.69, 9.17) is 0 Å². The van der Waals surface area contributed by atoms with Gasteiger partial charge in [-0.05, 0) is 42.2 Å². The summed E-state index contributed by atoms with van der Waals surface area (Å²) in [4.78, 5) is 11.1. The molecule has 0 spiro atoms. The van der Waals surface area contributed by atoms with E-state index >= 15 is 0 Å². The third-order valence-electron chi connectivity index (χ3n) is 2.29. The number of carboxylic acids is 1. The van der Waals surface area contributed by atoms with E-state index in [1.807, 2.05) is 5.38 Å². The van der Waals surface area contributed by atoms with Crippen molar-refractivity contribution >= 4 is 17.3 Å². The highest BCUT2D eigenvalue weighted by Gasteiger charge is 2.15. The van der Waals surface area contributed by atoms with Crippen LogP contribution >= 0.6 is 11.3 Å². The molecule has 1 aliphatic carbocycles. The zero-order valence-electron chi connectivity index (χ0n) is 6.63. The van der Waals surface area contributed by atoms with Crippen molar-refractivity contribution in [3.8, 4) is 0 Å². The molecule has 0 aliphatic heterocycles. The summed E-state index contributed by atoms with van der Waals surface area (Å²) in [6.45, 7) is 0. The van der Waals surface area contributed by atoms with Gasteiger partial charge < -0.3 is 9.90 Å². The summed E-state index contributed by atoms with van der Waals surface area (Å²) in [6, 6.07) is 0. The molecular formula is C9H9O2S-. The van der Waals surface area contributed by atoms with Crippen LogP contribution in [0.4, 0.5) is 0 Å². The lowest BCUT2D eigenvalue weighted by Gasteiger charge is -2.12. The van der Waals surface area contributed by atoms with Gasteiger partial charge in [0, 0.05) is 0 Å². The molecule has 3 heteroatoms. The molecule has 0 aromatic carbocycles. The number of hydrogen-bond acceptors (Lipinski definition) is 3. The largest absolute Gasteiger partial charge is 0.544 e. The van der Waals surface area contributed by atoms with Crippen molar-refractivity contribution in [3.63, 3.8) is 0 Å². The molecule has 1 aromatic rings. The molecule has 12 heavy (non-hydrogen) atoms. The van der Waals surface area contributed by atoms with Crippen molar-refractivity contribution in [3.05, 3.63) is 21.4 Å². The zero-order valence-corrected chi connectivity index (χ0v) is 7.45. The Labute approximate surface area is 74.8 Å². The molecule has 0 atom stereocenters. The first-order valence-electron chi connectivity index (χ1n) is 4.09. The maximum absolute atomic E-state index is 10.6. The number of aryl methyl sites for hydroxylation is 1. The molecular weight excluding hydrogens is 172 g/mol. The summed E-state index contributed by atoms with van der Waals surface area (Å²) in [7, 11) is 0. The molecule has 1 aliphatic rings. The van der Waals surface area contributed by atoms with Crippen LogP contribution in [0.3, 0.4) is 0 Å². The maximum Gasteiger partial charge on any atom is 0.0818 e. The number of hydrogen-bond donors (Lipinski definition) is 0. The smallest absolute Gasteiger partial charge is 0.0818 e. The van der Waals surface area contributed by atoms with Crippen LogP contribution in [-0.4, -0.2) is 5.97 Å². The summed E-state index contributed by atoms with van der Waals surface area (Å²) in [6.07, 6.45) is 4.27. The standard InChI is InChI=1S/C9H10O2S/c10-9(11)8-7-4-2-1-3-6(7)5-12-8/h5H,1-4H2,(H,10,11)/p-1. The normalized spacial score (nSPS) is 15.7. The summed E-state index contributed by atoms with van der Waals surface area (Å²) in [5, 5.41) is 12.6. The average Bonchev–Trinajstić information content (AvgIpc) is 2.47. The first kappa shape index (κ1) is 7.80. The van der Waals surface area contributed by atoms with E-state index in [1.54, 1.807) is 0 Å². The highest BCUT2D eigenvalue weighted by molar-refractivity contribution is 7.12. The van der Waals surface area contributed by atoms with E-state index in [0.717, 1.165) is 24.8 Å². The summed E-state index contributed by atoms with van der Waals surface area (Å²) < 4.78 is 0. The predicted octanol–water partition coefficient (Wildman–Crippen LogP) is 0.990. The van der Waals surface area contributed by atoms with Gasteiger partial charge >= 0.3 is 0 Å². The topological polar surface area (TPSA) is 40.1 Å². The first-order chi connectivity index (χ1) is 5.79. The van der Waals surface area contributed by atoms with Gasteiger partial charge in [-0.25, -0.2) is 0 Å². The molecule has 1 heterocycles. The molecule has 64 valence electrons. The molecule has 2 nitrogen and oxygen atoms in total. The number of thiophene rings is 1. The molecule has 1 aromatic heterocycles. The summed E-state index contributed by atoms with van der Waals surface area (Å²) >= 11 is 1.31. The Morgan fingerprint density at radius 1 is 1.42 bits per heavy atom. The fourth-order valence-electron chi connectivity index (χ4n) is 1.69. The van der Waals surface area contributed by atoms with Crippen molar-refractivity contribution in [2.45, 2.75) is 25.7 Å². The Hall–Kier alpha value is -0.830. The van der Waals surface area contributed by atoms with Crippen molar-refractivity contribution in [1.29, 1.82) is 0 Å². The lowest BCUT2D eigenvalue weighted by molar-refractivity contribution is -0.254. The molecule has 0 radical (unpaired) electrons. The van der Waals surface area contributed by atoms with E-state index in [9.17, 15) is 9.90 Å². The van der Waals surface area contributed by atoms with E-state index in [-0.39, 0.29) is 0 Å². The molecule has 0 saturated carbocycles. The van der Waals surface area contributed by atoms with Crippen molar-refractivity contribution in [2.75, 3.05) is 0 Å². The van der Waals surface area contributed by atoms with Crippen LogP contribution < -0.4 is 5.11 Å². The van der Waals surface area contributed by atoms with Crippen LogP contribution in [0.1, 0.15) is 33.6 Å². The minimum atomic E-state index is -1.01. The third-order valence-corrected chi connectivity index (χ3v) is 3.34. The quantitative estimate of drug-likeness (QED) is 0.648. The molecule has 0 amide bonds. The fraction of sp³-hybridized carbons (Fsp3) is 0.444. The van der Waals surface area contributed by atoms with Crippen LogP contribution in [0, 0.1) is 0 Å².